The molecule has 4 rings (SSSR count). The minimum Gasteiger partial charge on any atom is -0.351 e. The lowest BCUT2D eigenvalue weighted by molar-refractivity contribution is -0.120. The van der Waals surface area contributed by atoms with Gasteiger partial charge in [0.2, 0.25) is 5.91 Å². The van der Waals surface area contributed by atoms with Gasteiger partial charge in [-0.25, -0.2) is 0 Å². The maximum Gasteiger partial charge on any atom is 0.237 e. The summed E-state index contributed by atoms with van der Waals surface area (Å²) in [5, 5.41) is 6.40. The smallest absolute Gasteiger partial charge is 0.237 e. The SMILES string of the molecule is Cl.O=C(NCc1ccc2c(c1)CNC2)C1SCCc2ccccc21. The van der Waals surface area contributed by atoms with Crippen LogP contribution in [-0.2, 0) is 30.8 Å². The molecule has 1 unspecified atom stereocenters. The molecule has 0 saturated carbocycles. The highest BCUT2D eigenvalue weighted by Gasteiger charge is 2.26. The van der Waals surface area contributed by atoms with Crippen molar-refractivity contribution in [1.29, 1.82) is 0 Å². The van der Waals surface area contributed by atoms with Gasteiger partial charge in [-0.3, -0.25) is 4.79 Å². The second kappa shape index (κ2) is 7.60. The first-order chi connectivity index (χ1) is 11.3. The monoisotopic (exact) mass is 360 g/mol. The van der Waals surface area contributed by atoms with Crippen molar-refractivity contribution in [2.45, 2.75) is 31.3 Å². The summed E-state index contributed by atoms with van der Waals surface area (Å²) in [6.07, 6.45) is 1.06. The molecular formula is C19H21ClN2OS. The van der Waals surface area contributed by atoms with Gasteiger partial charge in [0.05, 0.1) is 0 Å². The number of amides is 1. The number of thioether (sulfide) groups is 1. The summed E-state index contributed by atoms with van der Waals surface area (Å²) in [7, 11) is 0. The Balaban J connectivity index is 0.00000169. The number of benzene rings is 2. The topological polar surface area (TPSA) is 41.1 Å². The number of rotatable bonds is 3. The molecule has 1 amide bonds. The summed E-state index contributed by atoms with van der Waals surface area (Å²) in [6, 6.07) is 14.8. The Morgan fingerprint density at radius 2 is 1.96 bits per heavy atom. The summed E-state index contributed by atoms with van der Waals surface area (Å²) in [5.74, 6) is 1.14. The minimum atomic E-state index is -0.0731. The van der Waals surface area contributed by atoms with E-state index >= 15 is 0 Å². The molecule has 2 aromatic rings. The van der Waals surface area contributed by atoms with Crippen LogP contribution in [0.2, 0.25) is 0 Å². The molecule has 2 heterocycles. The number of halogens is 1. The molecule has 5 heteroatoms. The lowest BCUT2D eigenvalue weighted by Gasteiger charge is -2.24. The van der Waals surface area contributed by atoms with Crippen LogP contribution in [0.5, 0.6) is 0 Å². The van der Waals surface area contributed by atoms with Crippen molar-refractivity contribution in [1.82, 2.24) is 10.6 Å². The predicted molar refractivity (Wildman–Crippen MR) is 101 cm³/mol. The normalized spacial score (nSPS) is 18.2. The minimum absolute atomic E-state index is 0. The molecule has 2 aliphatic heterocycles. The van der Waals surface area contributed by atoms with Crippen LogP contribution >= 0.6 is 24.2 Å². The first-order valence-electron chi connectivity index (χ1n) is 8.10. The van der Waals surface area contributed by atoms with Crippen molar-refractivity contribution in [2.75, 3.05) is 5.75 Å². The zero-order valence-corrected chi connectivity index (χ0v) is 15.0. The van der Waals surface area contributed by atoms with Gasteiger partial charge in [-0.2, -0.15) is 0 Å². The third-order valence-corrected chi connectivity index (χ3v) is 5.84. The van der Waals surface area contributed by atoms with E-state index in [1.165, 1.54) is 27.8 Å². The first-order valence-corrected chi connectivity index (χ1v) is 9.14. The van der Waals surface area contributed by atoms with Gasteiger partial charge in [0.15, 0.2) is 0 Å². The molecular weight excluding hydrogens is 340 g/mol. The van der Waals surface area contributed by atoms with Gasteiger partial charge in [-0.05, 0) is 40.0 Å². The van der Waals surface area contributed by atoms with E-state index in [1.807, 2.05) is 6.07 Å². The van der Waals surface area contributed by atoms with Gasteiger partial charge >= 0.3 is 0 Å². The van der Waals surface area contributed by atoms with Crippen LogP contribution in [0.4, 0.5) is 0 Å². The second-order valence-electron chi connectivity index (χ2n) is 6.12. The molecule has 0 radical (unpaired) electrons. The molecule has 0 fully saturated rings. The Morgan fingerprint density at radius 1 is 1.12 bits per heavy atom. The van der Waals surface area contributed by atoms with Gasteiger partial charge in [0, 0.05) is 19.6 Å². The summed E-state index contributed by atoms with van der Waals surface area (Å²) < 4.78 is 0. The Labute approximate surface area is 153 Å². The van der Waals surface area contributed by atoms with E-state index in [1.54, 1.807) is 11.8 Å². The van der Waals surface area contributed by atoms with Gasteiger partial charge in [-0.1, -0.05) is 42.5 Å². The zero-order valence-electron chi connectivity index (χ0n) is 13.4. The Kier molecular flexibility index (Phi) is 5.49. The molecule has 0 saturated heterocycles. The highest BCUT2D eigenvalue weighted by molar-refractivity contribution is 8.00. The van der Waals surface area contributed by atoms with Crippen LogP contribution in [0.1, 0.15) is 33.1 Å². The van der Waals surface area contributed by atoms with Crippen LogP contribution in [0.25, 0.3) is 0 Å². The average Bonchev–Trinajstić information content (AvgIpc) is 3.07. The molecule has 2 aliphatic rings. The predicted octanol–water partition coefficient (Wildman–Crippen LogP) is 3.36. The molecule has 0 aliphatic carbocycles. The van der Waals surface area contributed by atoms with Crippen molar-refractivity contribution in [3.8, 4) is 0 Å². The number of hydrogen-bond donors (Lipinski definition) is 2. The van der Waals surface area contributed by atoms with E-state index in [4.69, 9.17) is 0 Å². The van der Waals surface area contributed by atoms with Crippen LogP contribution in [0.3, 0.4) is 0 Å². The lowest BCUT2D eigenvalue weighted by Crippen LogP contribution is -2.29. The summed E-state index contributed by atoms with van der Waals surface area (Å²) in [5.41, 5.74) is 6.40. The number of carbonyl (C=O) groups is 1. The summed E-state index contributed by atoms with van der Waals surface area (Å²) in [6.45, 7) is 2.49. The number of aryl methyl sites for hydroxylation is 1. The van der Waals surface area contributed by atoms with Crippen molar-refractivity contribution in [3.63, 3.8) is 0 Å². The van der Waals surface area contributed by atoms with Crippen LogP contribution < -0.4 is 10.6 Å². The third kappa shape index (κ3) is 3.46. The Hall–Kier alpha value is -1.49. The van der Waals surface area contributed by atoms with Gasteiger partial charge in [-0.15, -0.1) is 24.2 Å². The van der Waals surface area contributed by atoms with E-state index in [0.717, 1.165) is 25.3 Å². The molecule has 2 N–H and O–H groups in total. The molecule has 24 heavy (non-hydrogen) atoms. The summed E-state index contributed by atoms with van der Waals surface area (Å²) in [4.78, 5) is 12.6. The van der Waals surface area contributed by atoms with Crippen LogP contribution in [0, 0.1) is 0 Å². The summed E-state index contributed by atoms with van der Waals surface area (Å²) >= 11 is 1.75. The molecule has 2 aromatic carbocycles. The molecule has 0 bridgehead atoms. The fourth-order valence-electron chi connectivity index (χ4n) is 3.35. The van der Waals surface area contributed by atoms with Crippen molar-refractivity contribution in [3.05, 3.63) is 70.3 Å². The van der Waals surface area contributed by atoms with E-state index in [0.29, 0.717) is 6.54 Å². The van der Waals surface area contributed by atoms with Gasteiger partial charge < -0.3 is 10.6 Å². The Morgan fingerprint density at radius 3 is 2.88 bits per heavy atom. The van der Waals surface area contributed by atoms with Crippen molar-refractivity contribution >= 4 is 30.1 Å². The quantitative estimate of drug-likeness (QED) is 0.881. The fourth-order valence-corrected chi connectivity index (χ4v) is 4.57. The fraction of sp³-hybridized carbons (Fsp3) is 0.316. The van der Waals surface area contributed by atoms with E-state index < -0.39 is 0 Å². The van der Waals surface area contributed by atoms with E-state index in [9.17, 15) is 4.79 Å². The number of carbonyl (C=O) groups excluding carboxylic acids is 1. The Bertz CT molecular complexity index is 750. The molecule has 1 atom stereocenters. The molecule has 3 nitrogen and oxygen atoms in total. The average molecular weight is 361 g/mol. The zero-order chi connectivity index (χ0) is 15.6. The maximum atomic E-state index is 12.6. The molecule has 0 spiro atoms. The van der Waals surface area contributed by atoms with Gasteiger partial charge in [0.25, 0.3) is 0 Å². The first kappa shape index (κ1) is 17.3. The number of fused-ring (bicyclic) bond motifs is 2. The molecule has 0 aromatic heterocycles. The van der Waals surface area contributed by atoms with Crippen LogP contribution in [0.15, 0.2) is 42.5 Å². The maximum absolute atomic E-state index is 12.6. The second-order valence-corrected chi connectivity index (χ2v) is 7.34. The van der Waals surface area contributed by atoms with Crippen molar-refractivity contribution in [2.24, 2.45) is 0 Å². The van der Waals surface area contributed by atoms with E-state index in [-0.39, 0.29) is 23.6 Å². The van der Waals surface area contributed by atoms with E-state index in [2.05, 4.69) is 47.0 Å². The number of hydrogen-bond acceptors (Lipinski definition) is 3. The largest absolute Gasteiger partial charge is 0.351 e. The highest BCUT2D eigenvalue weighted by atomic mass is 35.5. The number of nitrogens with one attached hydrogen (secondary N) is 2. The van der Waals surface area contributed by atoms with Crippen LogP contribution in [-0.4, -0.2) is 11.7 Å². The lowest BCUT2D eigenvalue weighted by atomic mass is 10.0. The third-order valence-electron chi connectivity index (χ3n) is 4.60. The molecule has 126 valence electrons. The van der Waals surface area contributed by atoms with Crippen molar-refractivity contribution < 1.29 is 4.79 Å². The highest BCUT2D eigenvalue weighted by Crippen LogP contribution is 2.36. The van der Waals surface area contributed by atoms with Gasteiger partial charge in [0.1, 0.15) is 5.25 Å². The standard InChI is InChI=1S/C19H20N2OS.ClH/c22-19(18-17-4-2-1-3-14(17)7-8-23-18)21-10-13-5-6-15-11-20-12-16(15)9-13;/h1-6,9,18,20H,7-8,10-12H2,(H,21,22);1H.